The molecule has 94 valence electrons. The van der Waals surface area contributed by atoms with Crippen LogP contribution in [0.15, 0.2) is 24.3 Å². The molecule has 0 saturated heterocycles. The van der Waals surface area contributed by atoms with Gasteiger partial charge in [-0.15, -0.1) is 0 Å². The molecule has 0 heterocycles. The van der Waals surface area contributed by atoms with Crippen molar-refractivity contribution in [2.45, 2.75) is 6.92 Å². The van der Waals surface area contributed by atoms with Crippen LogP contribution in [0.25, 0.3) is 12.2 Å². The number of aromatic hydroxyl groups is 1. The fourth-order valence-corrected chi connectivity index (χ4v) is 1.41. The van der Waals surface area contributed by atoms with E-state index in [0.29, 0.717) is 11.1 Å². The van der Waals surface area contributed by atoms with Crippen LogP contribution < -0.4 is 0 Å². The van der Waals surface area contributed by atoms with Gasteiger partial charge in [-0.05, 0) is 36.8 Å². The van der Waals surface area contributed by atoms with Crippen LogP contribution in [0.4, 0.5) is 0 Å². The molecule has 0 bridgehead atoms. The van der Waals surface area contributed by atoms with Gasteiger partial charge in [-0.2, -0.15) is 0 Å². The first-order chi connectivity index (χ1) is 8.40. The van der Waals surface area contributed by atoms with Crippen LogP contribution >= 0.6 is 0 Å². The van der Waals surface area contributed by atoms with Gasteiger partial charge in [-0.3, -0.25) is 0 Å². The zero-order valence-electron chi connectivity index (χ0n) is 9.62. The molecule has 0 fully saturated rings. The number of rotatable bonds is 4. The molecular formula is C13H12O5. The van der Waals surface area contributed by atoms with E-state index in [1.54, 1.807) is 19.1 Å². The summed E-state index contributed by atoms with van der Waals surface area (Å²) in [7, 11) is 0. The van der Waals surface area contributed by atoms with Crippen LogP contribution in [0.1, 0.15) is 16.7 Å². The average Bonchev–Trinajstić information content (AvgIpc) is 2.27. The van der Waals surface area contributed by atoms with E-state index in [2.05, 4.69) is 0 Å². The van der Waals surface area contributed by atoms with Crippen molar-refractivity contribution in [3.63, 3.8) is 0 Å². The standard InChI is InChI=1S/C13H12O5/c1-8-6-9(2-4-11(14)15)13(18)10(7-8)3-5-12(16)17/h2-7,18H,1H3,(H,14,15)(H,16,17)/b4-2+,5-3+. The predicted molar refractivity (Wildman–Crippen MR) is 66.2 cm³/mol. The van der Waals surface area contributed by atoms with Crippen LogP contribution in [-0.4, -0.2) is 27.3 Å². The summed E-state index contributed by atoms with van der Waals surface area (Å²) in [6.45, 7) is 1.76. The van der Waals surface area contributed by atoms with Crippen LogP contribution in [0, 0.1) is 6.92 Å². The van der Waals surface area contributed by atoms with E-state index in [1.165, 1.54) is 12.2 Å². The molecule has 0 atom stereocenters. The van der Waals surface area contributed by atoms with Gasteiger partial charge >= 0.3 is 11.9 Å². The molecule has 0 aliphatic carbocycles. The smallest absolute Gasteiger partial charge is 0.328 e. The van der Waals surface area contributed by atoms with Gasteiger partial charge in [0.25, 0.3) is 0 Å². The molecule has 0 aliphatic rings. The van der Waals surface area contributed by atoms with Gasteiger partial charge in [0.05, 0.1) is 0 Å². The topological polar surface area (TPSA) is 94.8 Å². The largest absolute Gasteiger partial charge is 0.507 e. The second kappa shape index (κ2) is 5.67. The van der Waals surface area contributed by atoms with Gasteiger partial charge in [0.1, 0.15) is 5.75 Å². The minimum absolute atomic E-state index is 0.157. The summed E-state index contributed by atoms with van der Waals surface area (Å²) in [5, 5.41) is 26.9. The van der Waals surface area contributed by atoms with Crippen molar-refractivity contribution in [3.8, 4) is 5.75 Å². The summed E-state index contributed by atoms with van der Waals surface area (Å²) < 4.78 is 0. The number of phenols is 1. The molecular weight excluding hydrogens is 236 g/mol. The van der Waals surface area contributed by atoms with Crippen molar-refractivity contribution in [3.05, 3.63) is 41.0 Å². The quantitative estimate of drug-likeness (QED) is 0.707. The van der Waals surface area contributed by atoms with Crippen LogP contribution in [-0.2, 0) is 9.59 Å². The van der Waals surface area contributed by atoms with E-state index >= 15 is 0 Å². The third kappa shape index (κ3) is 3.79. The molecule has 0 aromatic heterocycles. The Morgan fingerprint density at radius 3 is 1.72 bits per heavy atom. The molecule has 1 aromatic rings. The number of aryl methyl sites for hydroxylation is 1. The number of phenolic OH excluding ortho intramolecular Hbond substituents is 1. The summed E-state index contributed by atoms with van der Waals surface area (Å²) in [5.74, 6) is -2.41. The lowest BCUT2D eigenvalue weighted by atomic mass is 10.0. The van der Waals surface area contributed by atoms with Crippen molar-refractivity contribution in [2.24, 2.45) is 0 Å². The zero-order chi connectivity index (χ0) is 13.7. The molecule has 1 aromatic carbocycles. The number of hydrogen-bond donors (Lipinski definition) is 3. The molecule has 0 radical (unpaired) electrons. The minimum atomic E-state index is -1.13. The van der Waals surface area contributed by atoms with E-state index in [0.717, 1.165) is 17.7 Å². The van der Waals surface area contributed by atoms with Gasteiger partial charge in [-0.25, -0.2) is 9.59 Å². The molecule has 0 saturated carbocycles. The Hall–Kier alpha value is -2.56. The average molecular weight is 248 g/mol. The van der Waals surface area contributed by atoms with E-state index in [1.807, 2.05) is 0 Å². The van der Waals surface area contributed by atoms with Gasteiger partial charge in [-0.1, -0.05) is 0 Å². The number of aliphatic carboxylic acids is 2. The van der Waals surface area contributed by atoms with E-state index < -0.39 is 11.9 Å². The zero-order valence-corrected chi connectivity index (χ0v) is 9.62. The molecule has 0 amide bonds. The highest BCUT2D eigenvalue weighted by molar-refractivity contribution is 5.88. The van der Waals surface area contributed by atoms with Crippen molar-refractivity contribution < 1.29 is 24.9 Å². The van der Waals surface area contributed by atoms with Crippen LogP contribution in [0.3, 0.4) is 0 Å². The summed E-state index contributed by atoms with van der Waals surface area (Å²) in [6, 6.07) is 3.21. The molecule has 3 N–H and O–H groups in total. The Labute approximate surface area is 103 Å². The molecule has 0 aliphatic heterocycles. The fraction of sp³-hybridized carbons (Fsp3) is 0.0769. The van der Waals surface area contributed by atoms with Crippen LogP contribution in [0.5, 0.6) is 5.75 Å². The first-order valence-electron chi connectivity index (χ1n) is 5.06. The SMILES string of the molecule is Cc1cc(/C=C/C(=O)O)c(O)c(/C=C/C(=O)O)c1. The Morgan fingerprint density at radius 2 is 1.39 bits per heavy atom. The molecule has 0 unspecified atom stereocenters. The summed E-state index contributed by atoms with van der Waals surface area (Å²) in [4.78, 5) is 20.8. The molecule has 18 heavy (non-hydrogen) atoms. The molecule has 0 spiro atoms. The van der Waals surface area contributed by atoms with Crippen LogP contribution in [0.2, 0.25) is 0 Å². The molecule has 5 nitrogen and oxygen atoms in total. The molecule has 5 heteroatoms. The number of carboxylic acids is 2. The maximum Gasteiger partial charge on any atom is 0.328 e. The Bertz CT molecular complexity index is 495. The number of benzene rings is 1. The first kappa shape index (κ1) is 13.5. The molecule has 1 rings (SSSR count). The van der Waals surface area contributed by atoms with Gasteiger partial charge in [0.2, 0.25) is 0 Å². The third-order valence-corrected chi connectivity index (χ3v) is 2.12. The predicted octanol–water partition coefficient (Wildman–Crippen LogP) is 1.90. The monoisotopic (exact) mass is 248 g/mol. The Kier molecular flexibility index (Phi) is 4.26. The third-order valence-electron chi connectivity index (χ3n) is 2.12. The summed E-state index contributed by atoms with van der Waals surface area (Å²) >= 11 is 0. The first-order valence-corrected chi connectivity index (χ1v) is 5.06. The van der Waals surface area contributed by atoms with Crippen molar-refractivity contribution in [1.82, 2.24) is 0 Å². The summed E-state index contributed by atoms with van der Waals surface area (Å²) in [5.41, 5.74) is 1.42. The lowest BCUT2D eigenvalue weighted by Gasteiger charge is -2.05. The summed E-state index contributed by atoms with van der Waals surface area (Å²) in [6.07, 6.45) is 4.31. The second-order valence-electron chi connectivity index (χ2n) is 3.64. The Balaban J connectivity index is 3.21. The van der Waals surface area contributed by atoms with E-state index in [4.69, 9.17) is 10.2 Å². The highest BCUT2D eigenvalue weighted by Crippen LogP contribution is 2.26. The highest BCUT2D eigenvalue weighted by Gasteiger charge is 2.05. The lowest BCUT2D eigenvalue weighted by Crippen LogP contribution is -1.89. The van der Waals surface area contributed by atoms with Crippen molar-refractivity contribution in [2.75, 3.05) is 0 Å². The van der Waals surface area contributed by atoms with Gasteiger partial charge < -0.3 is 15.3 Å². The lowest BCUT2D eigenvalue weighted by molar-refractivity contribution is -0.132. The maximum absolute atomic E-state index is 10.4. The van der Waals surface area contributed by atoms with Gasteiger partial charge in [0, 0.05) is 23.3 Å². The maximum atomic E-state index is 10.4. The van der Waals surface area contributed by atoms with Crippen molar-refractivity contribution >= 4 is 24.1 Å². The second-order valence-corrected chi connectivity index (χ2v) is 3.64. The van der Waals surface area contributed by atoms with E-state index in [-0.39, 0.29) is 5.75 Å². The Morgan fingerprint density at radius 1 is 1.00 bits per heavy atom. The van der Waals surface area contributed by atoms with Crippen molar-refractivity contribution in [1.29, 1.82) is 0 Å². The number of carbonyl (C=O) groups is 2. The van der Waals surface area contributed by atoms with E-state index in [9.17, 15) is 14.7 Å². The fourth-order valence-electron chi connectivity index (χ4n) is 1.41. The number of hydrogen-bond acceptors (Lipinski definition) is 3. The number of carboxylic acid groups (broad SMARTS) is 2. The van der Waals surface area contributed by atoms with Gasteiger partial charge in [0.15, 0.2) is 0 Å². The highest BCUT2D eigenvalue weighted by atomic mass is 16.4. The normalized spacial score (nSPS) is 11.2. The minimum Gasteiger partial charge on any atom is -0.507 e.